The molecule has 1 saturated carbocycles. The number of nitrogens with two attached hydrogens (primary N) is 1. The molecule has 150 valence electrons. The third kappa shape index (κ3) is 4.48. The van der Waals surface area contributed by atoms with E-state index in [0.29, 0.717) is 17.1 Å². The van der Waals surface area contributed by atoms with Crippen LogP contribution in [0.4, 0.5) is 0 Å². The minimum Gasteiger partial charge on any atom is -0.468 e. The predicted octanol–water partition coefficient (Wildman–Crippen LogP) is 2.40. The van der Waals surface area contributed by atoms with E-state index in [-0.39, 0.29) is 29.5 Å². The molecule has 27 heavy (non-hydrogen) atoms. The molecule has 0 aromatic rings. The lowest BCUT2D eigenvalue weighted by atomic mass is 9.68. The Balaban J connectivity index is 2.65. The van der Waals surface area contributed by atoms with Gasteiger partial charge in [-0.05, 0) is 44.8 Å². The third-order valence-electron chi connectivity index (χ3n) is 5.42. The number of nitrogens with zero attached hydrogens (tertiary/aromatic N) is 2. The Morgan fingerprint density at radius 2 is 1.93 bits per heavy atom. The standard InChI is InChI=1S/C19H29N3O4S/c1-5-26-18(24)15-14(12-9-7-6-8-10-12)13(17(23)25-4)11(2)21-16(15)22(3)19(20)27/h12-14H,5-10H2,1-4H3,(H2,20,27). The van der Waals surface area contributed by atoms with E-state index >= 15 is 0 Å². The van der Waals surface area contributed by atoms with Crippen molar-refractivity contribution in [2.75, 3.05) is 20.8 Å². The van der Waals surface area contributed by atoms with Crippen molar-refractivity contribution in [3.8, 4) is 0 Å². The lowest BCUT2D eigenvalue weighted by Crippen LogP contribution is -2.45. The molecule has 0 saturated heterocycles. The van der Waals surface area contributed by atoms with E-state index in [1.165, 1.54) is 12.0 Å². The summed E-state index contributed by atoms with van der Waals surface area (Å²) < 4.78 is 10.4. The van der Waals surface area contributed by atoms with Crippen molar-refractivity contribution in [3.63, 3.8) is 0 Å². The Labute approximate surface area is 166 Å². The summed E-state index contributed by atoms with van der Waals surface area (Å²) in [6, 6.07) is 0. The van der Waals surface area contributed by atoms with Gasteiger partial charge in [0.1, 0.15) is 11.7 Å². The molecule has 0 aromatic heterocycles. The normalized spacial score (nSPS) is 23.5. The number of hydrogen-bond donors (Lipinski definition) is 1. The minimum atomic E-state index is -0.610. The smallest absolute Gasteiger partial charge is 0.338 e. The number of methoxy groups -OCH3 is 1. The number of carbonyl (C=O) groups excluding carboxylic acids is 2. The predicted molar refractivity (Wildman–Crippen MR) is 107 cm³/mol. The molecule has 1 heterocycles. The number of rotatable bonds is 5. The zero-order chi connectivity index (χ0) is 20.1. The Bertz CT molecular complexity index is 668. The molecular weight excluding hydrogens is 366 g/mol. The third-order valence-corrected chi connectivity index (χ3v) is 5.70. The molecule has 0 spiro atoms. The van der Waals surface area contributed by atoms with Gasteiger partial charge >= 0.3 is 11.9 Å². The lowest BCUT2D eigenvalue weighted by Gasteiger charge is -2.39. The highest BCUT2D eigenvalue weighted by molar-refractivity contribution is 7.80. The van der Waals surface area contributed by atoms with Gasteiger partial charge in [0.25, 0.3) is 0 Å². The maximum Gasteiger partial charge on any atom is 0.338 e. The molecule has 0 aromatic carbocycles. The Kier molecular flexibility index (Phi) is 7.35. The molecule has 2 unspecified atom stereocenters. The monoisotopic (exact) mass is 395 g/mol. The maximum atomic E-state index is 12.9. The number of thiocarbonyl (C=S) groups is 1. The zero-order valence-corrected chi connectivity index (χ0v) is 17.3. The van der Waals surface area contributed by atoms with Crippen molar-refractivity contribution in [1.29, 1.82) is 0 Å². The first-order valence-corrected chi connectivity index (χ1v) is 9.81. The van der Waals surface area contributed by atoms with Crippen LogP contribution in [0.5, 0.6) is 0 Å². The number of carbonyl (C=O) groups is 2. The molecule has 1 aliphatic heterocycles. The lowest BCUT2D eigenvalue weighted by molar-refractivity contribution is -0.146. The molecule has 7 nitrogen and oxygen atoms in total. The molecule has 2 atom stereocenters. The summed E-state index contributed by atoms with van der Waals surface area (Å²) in [5, 5.41) is 0.0993. The average molecular weight is 396 g/mol. The SMILES string of the molecule is CCOC(=O)C1=C(N(C)C(N)=S)N=C(C)C(C(=O)OC)C1C1CCCCC1. The van der Waals surface area contributed by atoms with Crippen LogP contribution >= 0.6 is 12.2 Å². The van der Waals surface area contributed by atoms with Crippen molar-refractivity contribution in [3.05, 3.63) is 11.4 Å². The summed E-state index contributed by atoms with van der Waals surface area (Å²) in [7, 11) is 3.03. The molecule has 2 aliphatic rings. The summed E-state index contributed by atoms with van der Waals surface area (Å²) in [5.74, 6) is -1.29. The fourth-order valence-corrected chi connectivity index (χ4v) is 4.20. The first-order valence-electron chi connectivity index (χ1n) is 9.40. The van der Waals surface area contributed by atoms with Gasteiger partial charge in [-0.15, -0.1) is 0 Å². The van der Waals surface area contributed by atoms with E-state index in [4.69, 9.17) is 27.4 Å². The molecule has 0 amide bonds. The van der Waals surface area contributed by atoms with Gasteiger partial charge in [-0.3, -0.25) is 4.79 Å². The van der Waals surface area contributed by atoms with Crippen LogP contribution in [0.3, 0.4) is 0 Å². The van der Waals surface area contributed by atoms with Gasteiger partial charge in [0.05, 0.1) is 19.3 Å². The van der Waals surface area contributed by atoms with Crippen LogP contribution < -0.4 is 5.73 Å². The molecule has 1 aliphatic carbocycles. The maximum absolute atomic E-state index is 12.9. The molecule has 2 N–H and O–H groups in total. The van der Waals surface area contributed by atoms with E-state index in [0.717, 1.165) is 32.1 Å². The van der Waals surface area contributed by atoms with Crippen LogP contribution in [0.1, 0.15) is 46.0 Å². The van der Waals surface area contributed by atoms with Gasteiger partial charge in [-0.2, -0.15) is 0 Å². The Morgan fingerprint density at radius 3 is 2.44 bits per heavy atom. The fraction of sp³-hybridized carbons (Fsp3) is 0.684. The summed E-state index contributed by atoms with van der Waals surface area (Å²) in [5.41, 5.74) is 6.78. The fourth-order valence-electron chi connectivity index (χ4n) is 4.11. The molecule has 2 rings (SSSR count). The van der Waals surface area contributed by atoms with Crippen molar-refractivity contribution >= 4 is 35.0 Å². The van der Waals surface area contributed by atoms with Crippen LogP contribution in [-0.4, -0.2) is 48.4 Å². The van der Waals surface area contributed by atoms with Gasteiger partial charge in [0.2, 0.25) is 0 Å². The van der Waals surface area contributed by atoms with Crippen LogP contribution in [0.15, 0.2) is 16.4 Å². The van der Waals surface area contributed by atoms with Crippen molar-refractivity contribution in [1.82, 2.24) is 4.90 Å². The number of aliphatic imine (C=N–C) groups is 1. The van der Waals surface area contributed by atoms with Crippen LogP contribution in [0, 0.1) is 17.8 Å². The Morgan fingerprint density at radius 1 is 1.30 bits per heavy atom. The van der Waals surface area contributed by atoms with Gasteiger partial charge < -0.3 is 20.1 Å². The summed E-state index contributed by atoms with van der Waals surface area (Å²) >= 11 is 5.10. The number of hydrogen-bond acceptors (Lipinski definition) is 6. The summed E-state index contributed by atoms with van der Waals surface area (Å²) in [4.78, 5) is 31.6. The van der Waals surface area contributed by atoms with E-state index < -0.39 is 11.9 Å². The number of esters is 2. The second-order valence-corrected chi connectivity index (χ2v) is 7.45. The minimum absolute atomic E-state index is 0.0993. The summed E-state index contributed by atoms with van der Waals surface area (Å²) in [6.07, 6.45) is 5.19. The van der Waals surface area contributed by atoms with Crippen molar-refractivity contribution in [2.45, 2.75) is 46.0 Å². The highest BCUT2D eigenvalue weighted by Crippen LogP contribution is 2.43. The average Bonchev–Trinajstić information content (AvgIpc) is 2.66. The van der Waals surface area contributed by atoms with E-state index in [1.807, 2.05) is 0 Å². The topological polar surface area (TPSA) is 94.2 Å². The molecule has 0 radical (unpaired) electrons. The van der Waals surface area contributed by atoms with E-state index in [9.17, 15) is 9.59 Å². The second-order valence-electron chi connectivity index (χ2n) is 7.03. The van der Waals surface area contributed by atoms with Gasteiger partial charge in [0, 0.05) is 18.7 Å². The van der Waals surface area contributed by atoms with Gasteiger partial charge in [0.15, 0.2) is 5.11 Å². The van der Waals surface area contributed by atoms with E-state index in [2.05, 4.69) is 4.99 Å². The second kappa shape index (κ2) is 9.30. The first-order chi connectivity index (χ1) is 12.8. The largest absolute Gasteiger partial charge is 0.468 e. The van der Waals surface area contributed by atoms with Crippen LogP contribution in [-0.2, 0) is 19.1 Å². The van der Waals surface area contributed by atoms with Crippen LogP contribution in [0.25, 0.3) is 0 Å². The zero-order valence-electron chi connectivity index (χ0n) is 16.5. The molecular formula is C19H29N3O4S. The quantitative estimate of drug-likeness (QED) is 0.564. The van der Waals surface area contributed by atoms with Crippen LogP contribution in [0.2, 0.25) is 0 Å². The van der Waals surface area contributed by atoms with Crippen molar-refractivity contribution < 1.29 is 19.1 Å². The van der Waals surface area contributed by atoms with Gasteiger partial charge in [-0.1, -0.05) is 19.3 Å². The highest BCUT2D eigenvalue weighted by atomic mass is 32.1. The molecule has 1 fully saturated rings. The first kappa shape index (κ1) is 21.3. The Hall–Kier alpha value is -1.96. The van der Waals surface area contributed by atoms with Gasteiger partial charge in [-0.25, -0.2) is 9.79 Å². The van der Waals surface area contributed by atoms with Crippen molar-refractivity contribution in [2.24, 2.45) is 28.5 Å². The number of ether oxygens (including phenoxy) is 2. The summed E-state index contributed by atoms with van der Waals surface area (Å²) in [6.45, 7) is 3.77. The molecule has 8 heteroatoms. The molecule has 0 bridgehead atoms. The van der Waals surface area contributed by atoms with E-state index in [1.54, 1.807) is 20.9 Å². The highest BCUT2D eigenvalue weighted by Gasteiger charge is 2.46.